The van der Waals surface area contributed by atoms with Crippen LogP contribution in [-0.4, -0.2) is 59.3 Å². The number of esters is 1. The third kappa shape index (κ3) is 4.59. The number of ether oxygens (including phenoxy) is 2. The van der Waals surface area contributed by atoms with Crippen LogP contribution in [0.3, 0.4) is 0 Å². The van der Waals surface area contributed by atoms with Crippen LogP contribution in [0.4, 0.5) is 0 Å². The second-order valence-corrected chi connectivity index (χ2v) is 9.81. The number of benzene rings is 1. The highest BCUT2D eigenvalue weighted by molar-refractivity contribution is 8.16. The Labute approximate surface area is 199 Å². The van der Waals surface area contributed by atoms with Crippen LogP contribution in [0.25, 0.3) is 0 Å². The number of hydrogen-bond acceptors (Lipinski definition) is 7. The first-order valence-corrected chi connectivity index (χ1v) is 12.1. The van der Waals surface area contributed by atoms with E-state index in [0.717, 1.165) is 27.6 Å². The minimum Gasteiger partial charge on any atom is -0.466 e. The zero-order chi connectivity index (χ0) is 23.9. The summed E-state index contributed by atoms with van der Waals surface area (Å²) in [4.78, 5) is 34.8. The smallest absolute Gasteiger partial charge is 0.338 e. The van der Waals surface area contributed by atoms with Gasteiger partial charge >= 0.3 is 5.97 Å². The number of nitrogens with zero attached hydrogens (tertiary/aromatic N) is 3. The zero-order valence-corrected chi connectivity index (χ0v) is 20.9. The van der Waals surface area contributed by atoms with Crippen molar-refractivity contribution in [3.8, 4) is 0 Å². The topological polar surface area (TPSA) is 71.4 Å². The molecule has 176 valence electrons. The molecule has 0 bridgehead atoms. The summed E-state index contributed by atoms with van der Waals surface area (Å²) in [6.07, 6.45) is 0.257. The molecule has 0 radical (unpaired) electrons. The summed E-state index contributed by atoms with van der Waals surface area (Å²) < 4.78 is 10.9. The van der Waals surface area contributed by atoms with Crippen molar-refractivity contribution in [1.82, 2.24) is 9.80 Å². The number of carbonyl (C=O) groups excluding carboxylic acids is 2. The van der Waals surface area contributed by atoms with E-state index in [1.54, 1.807) is 0 Å². The molecule has 3 atom stereocenters. The Kier molecular flexibility index (Phi) is 6.68. The van der Waals surface area contributed by atoms with Gasteiger partial charge in [-0.05, 0) is 51.2 Å². The summed E-state index contributed by atoms with van der Waals surface area (Å²) in [6, 6.07) is 5.82. The van der Waals surface area contributed by atoms with Crippen molar-refractivity contribution in [2.24, 2.45) is 4.99 Å². The molecule has 0 aromatic heterocycles. The quantitative estimate of drug-likeness (QED) is 0.619. The summed E-state index contributed by atoms with van der Waals surface area (Å²) >= 11 is 1.49. The van der Waals surface area contributed by atoms with Gasteiger partial charge in [0.05, 0.1) is 43.1 Å². The van der Waals surface area contributed by atoms with E-state index >= 15 is 0 Å². The van der Waals surface area contributed by atoms with Crippen molar-refractivity contribution in [3.05, 3.63) is 57.3 Å². The fourth-order valence-corrected chi connectivity index (χ4v) is 5.78. The van der Waals surface area contributed by atoms with Crippen molar-refractivity contribution in [2.75, 3.05) is 20.2 Å². The molecule has 8 heteroatoms. The van der Waals surface area contributed by atoms with Crippen LogP contribution >= 0.6 is 11.8 Å². The zero-order valence-electron chi connectivity index (χ0n) is 20.0. The number of allylic oxidation sites excluding steroid dienone is 1. The van der Waals surface area contributed by atoms with Crippen LogP contribution in [0.1, 0.15) is 49.9 Å². The average molecular weight is 470 g/mol. The van der Waals surface area contributed by atoms with Gasteiger partial charge in [-0.2, -0.15) is 0 Å². The minimum absolute atomic E-state index is 0.0104. The monoisotopic (exact) mass is 469 g/mol. The number of aryl methyl sites for hydroxylation is 2. The highest BCUT2D eigenvalue weighted by Gasteiger charge is 2.42. The van der Waals surface area contributed by atoms with Gasteiger partial charge in [0.2, 0.25) is 5.91 Å². The standard InChI is InChI=1S/C25H31N3O4S/c1-14-7-8-20(15(2)9-14)23-22(24(30)31-6)18(5)26-25-28(23)19(13-33-25)10-21(29)27-11-16(3)32-17(4)12-27/h7-9,13,16-17,23H,10-12H2,1-6H3. The summed E-state index contributed by atoms with van der Waals surface area (Å²) in [5.74, 6) is -0.353. The van der Waals surface area contributed by atoms with Gasteiger partial charge in [-0.15, -0.1) is 0 Å². The maximum Gasteiger partial charge on any atom is 0.338 e. The van der Waals surface area contributed by atoms with Crippen LogP contribution < -0.4 is 0 Å². The highest BCUT2D eigenvalue weighted by atomic mass is 32.2. The predicted molar refractivity (Wildman–Crippen MR) is 130 cm³/mol. The van der Waals surface area contributed by atoms with E-state index in [1.807, 2.05) is 55.9 Å². The number of fused-ring (bicyclic) bond motifs is 1. The van der Waals surface area contributed by atoms with Crippen LogP contribution in [0, 0.1) is 13.8 Å². The lowest BCUT2D eigenvalue weighted by Gasteiger charge is -2.38. The Hall–Kier alpha value is -2.58. The number of morpholine rings is 1. The normalized spacial score (nSPS) is 25.0. The first-order valence-electron chi connectivity index (χ1n) is 11.2. The molecule has 1 aromatic carbocycles. The fraction of sp³-hybridized carbons (Fsp3) is 0.480. The number of thioether (sulfide) groups is 1. The SMILES string of the molecule is COC(=O)C1=C(C)N=C2SC=C(CC(=O)N3CC(C)OC(C)C3)N2C1c1ccc(C)cc1C. The molecule has 1 saturated heterocycles. The third-order valence-corrected chi connectivity index (χ3v) is 7.12. The van der Waals surface area contributed by atoms with Gasteiger partial charge in [-0.1, -0.05) is 35.5 Å². The lowest BCUT2D eigenvalue weighted by molar-refractivity contribution is -0.142. The van der Waals surface area contributed by atoms with Crippen molar-refractivity contribution >= 4 is 28.8 Å². The number of hydrogen-bond donors (Lipinski definition) is 0. The molecule has 3 aliphatic heterocycles. The molecule has 0 N–H and O–H groups in total. The van der Waals surface area contributed by atoms with Crippen LogP contribution in [-0.2, 0) is 19.1 Å². The van der Waals surface area contributed by atoms with E-state index in [0.29, 0.717) is 24.4 Å². The Morgan fingerprint density at radius 2 is 1.88 bits per heavy atom. The van der Waals surface area contributed by atoms with E-state index in [4.69, 9.17) is 14.5 Å². The van der Waals surface area contributed by atoms with E-state index in [2.05, 4.69) is 12.1 Å². The molecule has 3 heterocycles. The highest BCUT2D eigenvalue weighted by Crippen LogP contribution is 2.45. The fourth-order valence-electron chi connectivity index (χ4n) is 4.82. The Balaban J connectivity index is 1.70. The van der Waals surface area contributed by atoms with Crippen molar-refractivity contribution < 1.29 is 19.1 Å². The largest absolute Gasteiger partial charge is 0.466 e. The maximum absolute atomic E-state index is 13.3. The number of aliphatic imine (C=N–C) groups is 1. The summed E-state index contributed by atoms with van der Waals surface area (Å²) in [5, 5.41) is 2.75. The molecule has 33 heavy (non-hydrogen) atoms. The lowest BCUT2D eigenvalue weighted by Crippen LogP contribution is -2.48. The molecule has 0 spiro atoms. The van der Waals surface area contributed by atoms with E-state index < -0.39 is 12.0 Å². The Morgan fingerprint density at radius 3 is 2.52 bits per heavy atom. The molecule has 7 nitrogen and oxygen atoms in total. The second-order valence-electron chi connectivity index (χ2n) is 8.98. The summed E-state index contributed by atoms with van der Waals surface area (Å²) in [7, 11) is 1.39. The number of amides is 1. The van der Waals surface area contributed by atoms with Gasteiger partial charge in [-0.25, -0.2) is 9.79 Å². The van der Waals surface area contributed by atoms with Gasteiger partial charge in [0.15, 0.2) is 5.17 Å². The number of methoxy groups -OCH3 is 1. The van der Waals surface area contributed by atoms with E-state index in [-0.39, 0.29) is 24.5 Å². The number of rotatable bonds is 4. The molecule has 4 rings (SSSR count). The van der Waals surface area contributed by atoms with E-state index in [1.165, 1.54) is 18.9 Å². The third-order valence-electron chi connectivity index (χ3n) is 6.23. The Bertz CT molecular complexity index is 1070. The first kappa shape index (κ1) is 23.6. The number of amidine groups is 1. The van der Waals surface area contributed by atoms with Gasteiger partial charge in [0.1, 0.15) is 0 Å². The molecule has 0 saturated carbocycles. The Morgan fingerprint density at radius 1 is 1.18 bits per heavy atom. The van der Waals surface area contributed by atoms with Crippen molar-refractivity contribution in [1.29, 1.82) is 0 Å². The first-order chi connectivity index (χ1) is 15.7. The summed E-state index contributed by atoms with van der Waals surface area (Å²) in [5.41, 5.74) is 5.22. The molecule has 1 amide bonds. The van der Waals surface area contributed by atoms with Crippen LogP contribution in [0.15, 0.2) is 45.6 Å². The maximum atomic E-state index is 13.3. The lowest BCUT2D eigenvalue weighted by atomic mass is 9.90. The predicted octanol–water partition coefficient (Wildman–Crippen LogP) is 4.08. The number of carbonyl (C=O) groups is 2. The van der Waals surface area contributed by atoms with E-state index in [9.17, 15) is 9.59 Å². The second kappa shape index (κ2) is 9.35. The molecular weight excluding hydrogens is 438 g/mol. The molecule has 1 fully saturated rings. The molecule has 3 aliphatic rings. The average Bonchev–Trinajstić information content (AvgIpc) is 3.13. The van der Waals surface area contributed by atoms with Crippen LogP contribution in [0.5, 0.6) is 0 Å². The van der Waals surface area contributed by atoms with Crippen molar-refractivity contribution in [3.63, 3.8) is 0 Å². The van der Waals surface area contributed by atoms with Gasteiger partial charge in [0.25, 0.3) is 0 Å². The molecule has 1 aromatic rings. The van der Waals surface area contributed by atoms with Gasteiger partial charge in [0, 0.05) is 18.8 Å². The minimum atomic E-state index is -0.404. The molecule has 3 unspecified atom stereocenters. The van der Waals surface area contributed by atoms with Crippen molar-refractivity contribution in [2.45, 2.75) is 59.3 Å². The molecular formula is C25H31N3O4S. The summed E-state index contributed by atoms with van der Waals surface area (Å²) in [6.45, 7) is 11.1. The van der Waals surface area contributed by atoms with Gasteiger partial charge in [-0.3, -0.25) is 4.79 Å². The van der Waals surface area contributed by atoms with Crippen LogP contribution in [0.2, 0.25) is 0 Å². The van der Waals surface area contributed by atoms with Gasteiger partial charge < -0.3 is 19.3 Å². The molecule has 0 aliphatic carbocycles.